The number of likely N-dealkylation sites (N-methyl/N-ethyl adjacent to an activating group) is 1. The van der Waals surface area contributed by atoms with Gasteiger partial charge in [-0.3, -0.25) is 9.69 Å². The highest BCUT2D eigenvalue weighted by Gasteiger charge is 2.15. The lowest BCUT2D eigenvalue weighted by atomic mass is 10.0. The van der Waals surface area contributed by atoms with Crippen LogP contribution >= 0.6 is 0 Å². The van der Waals surface area contributed by atoms with Gasteiger partial charge in [-0.05, 0) is 32.0 Å². The van der Waals surface area contributed by atoms with Crippen LogP contribution in [0.25, 0.3) is 0 Å². The topological polar surface area (TPSA) is 52.6 Å². The Kier molecular flexibility index (Phi) is 7.26. The molecule has 4 heteroatoms. The summed E-state index contributed by atoms with van der Waals surface area (Å²) in [6, 6.07) is 9.48. The van der Waals surface area contributed by atoms with Crippen molar-refractivity contribution in [3.05, 3.63) is 35.9 Å². The number of carbonyl (C=O) groups excluding carboxylic acids is 1. The normalized spacial score (nSPS) is 14.1. The summed E-state index contributed by atoms with van der Waals surface area (Å²) in [6.45, 7) is 8.15. The Morgan fingerprint density at radius 3 is 2.40 bits per heavy atom. The molecule has 4 nitrogen and oxygen atoms in total. The van der Waals surface area contributed by atoms with E-state index in [-0.39, 0.29) is 11.9 Å². The van der Waals surface area contributed by atoms with Crippen LogP contribution in [0.2, 0.25) is 0 Å². The summed E-state index contributed by atoms with van der Waals surface area (Å²) in [5.41, 5.74) is 0.886. The molecule has 20 heavy (non-hydrogen) atoms. The number of rotatable bonds is 8. The molecule has 0 saturated carbocycles. The molecule has 2 atom stereocenters. The zero-order chi connectivity index (χ0) is 15.0. The van der Waals surface area contributed by atoms with Crippen LogP contribution in [0.1, 0.15) is 38.9 Å². The number of nitrogens with one attached hydrogen (secondary N) is 1. The Morgan fingerprint density at radius 2 is 1.85 bits per heavy atom. The Hall–Kier alpha value is -1.39. The Bertz CT molecular complexity index is 391. The fourth-order valence-electron chi connectivity index (χ4n) is 2.18. The standard InChI is InChI=1S/C16H26N2O2/c1-4-18(5-2)12-16(20)17-13(3)11-15(19)14-9-7-6-8-10-14/h6-10,13,15,19H,4-5,11-12H2,1-3H3,(H,17,20). The van der Waals surface area contributed by atoms with Crippen molar-refractivity contribution in [2.75, 3.05) is 19.6 Å². The number of amides is 1. The monoisotopic (exact) mass is 278 g/mol. The van der Waals surface area contributed by atoms with E-state index in [1.807, 2.05) is 51.1 Å². The minimum Gasteiger partial charge on any atom is -0.388 e. The minimum atomic E-state index is -0.542. The molecule has 1 aromatic carbocycles. The van der Waals surface area contributed by atoms with Crippen molar-refractivity contribution in [2.24, 2.45) is 0 Å². The van der Waals surface area contributed by atoms with Crippen molar-refractivity contribution in [3.8, 4) is 0 Å². The average Bonchev–Trinajstić information content (AvgIpc) is 2.45. The first-order chi connectivity index (χ1) is 9.56. The molecule has 112 valence electrons. The molecule has 0 aliphatic carbocycles. The van der Waals surface area contributed by atoms with Crippen LogP contribution in [0.4, 0.5) is 0 Å². The van der Waals surface area contributed by atoms with Crippen molar-refractivity contribution in [3.63, 3.8) is 0 Å². The third kappa shape index (κ3) is 5.72. The van der Waals surface area contributed by atoms with Gasteiger partial charge in [-0.1, -0.05) is 44.2 Å². The number of aliphatic hydroxyl groups is 1. The number of benzene rings is 1. The third-order valence-electron chi connectivity index (χ3n) is 3.43. The van der Waals surface area contributed by atoms with Crippen LogP contribution < -0.4 is 5.32 Å². The summed E-state index contributed by atoms with van der Waals surface area (Å²) in [7, 11) is 0. The molecule has 0 heterocycles. The van der Waals surface area contributed by atoms with Crippen molar-refractivity contribution >= 4 is 5.91 Å². The maximum Gasteiger partial charge on any atom is 0.234 e. The third-order valence-corrected chi connectivity index (χ3v) is 3.43. The molecule has 0 bridgehead atoms. The SMILES string of the molecule is CCN(CC)CC(=O)NC(C)CC(O)c1ccccc1. The van der Waals surface area contributed by atoms with E-state index >= 15 is 0 Å². The molecule has 0 aromatic heterocycles. The molecule has 0 aliphatic heterocycles. The first kappa shape index (κ1) is 16.7. The van der Waals surface area contributed by atoms with E-state index in [2.05, 4.69) is 10.2 Å². The molecule has 1 amide bonds. The molecule has 0 aliphatic rings. The second kappa shape index (κ2) is 8.72. The molecule has 2 N–H and O–H groups in total. The van der Waals surface area contributed by atoms with Crippen LogP contribution in [0.15, 0.2) is 30.3 Å². The first-order valence-electron chi connectivity index (χ1n) is 7.31. The first-order valence-corrected chi connectivity index (χ1v) is 7.31. The molecule has 2 unspecified atom stereocenters. The van der Waals surface area contributed by atoms with Gasteiger partial charge in [-0.25, -0.2) is 0 Å². The van der Waals surface area contributed by atoms with Crippen LogP contribution in [0, 0.1) is 0 Å². The average molecular weight is 278 g/mol. The summed E-state index contributed by atoms with van der Waals surface area (Å²) < 4.78 is 0. The number of hydrogen-bond acceptors (Lipinski definition) is 3. The summed E-state index contributed by atoms with van der Waals surface area (Å²) in [5.74, 6) is 0.0152. The molecular weight excluding hydrogens is 252 g/mol. The summed E-state index contributed by atoms with van der Waals surface area (Å²) >= 11 is 0. The van der Waals surface area contributed by atoms with E-state index in [0.29, 0.717) is 13.0 Å². The molecule has 1 aromatic rings. The van der Waals surface area contributed by atoms with Gasteiger partial charge in [-0.2, -0.15) is 0 Å². The van der Waals surface area contributed by atoms with Crippen LogP contribution in [-0.4, -0.2) is 41.6 Å². The summed E-state index contributed by atoms with van der Waals surface area (Å²) in [4.78, 5) is 13.9. The molecule has 0 spiro atoms. The second-order valence-electron chi connectivity index (χ2n) is 5.09. The van der Waals surface area contributed by atoms with E-state index in [9.17, 15) is 9.90 Å². The smallest absolute Gasteiger partial charge is 0.234 e. The quantitative estimate of drug-likeness (QED) is 0.764. The van der Waals surface area contributed by atoms with E-state index in [1.165, 1.54) is 0 Å². The van der Waals surface area contributed by atoms with Crippen LogP contribution in [-0.2, 0) is 4.79 Å². The highest BCUT2D eigenvalue weighted by atomic mass is 16.3. The van der Waals surface area contributed by atoms with Crippen molar-refractivity contribution in [2.45, 2.75) is 39.3 Å². The lowest BCUT2D eigenvalue weighted by Gasteiger charge is -2.21. The minimum absolute atomic E-state index is 0.0152. The highest BCUT2D eigenvalue weighted by molar-refractivity contribution is 5.78. The van der Waals surface area contributed by atoms with Gasteiger partial charge in [0, 0.05) is 6.04 Å². The molecule has 0 radical (unpaired) electrons. The van der Waals surface area contributed by atoms with Gasteiger partial charge < -0.3 is 10.4 Å². The molecule has 1 rings (SSSR count). The van der Waals surface area contributed by atoms with Gasteiger partial charge in [0.1, 0.15) is 0 Å². The lowest BCUT2D eigenvalue weighted by molar-refractivity contribution is -0.122. The number of hydrogen-bond donors (Lipinski definition) is 2. The molecule has 0 saturated heterocycles. The Morgan fingerprint density at radius 1 is 1.25 bits per heavy atom. The number of aliphatic hydroxyl groups excluding tert-OH is 1. The van der Waals surface area contributed by atoms with Gasteiger partial charge in [-0.15, -0.1) is 0 Å². The number of nitrogens with zero attached hydrogens (tertiary/aromatic N) is 1. The summed E-state index contributed by atoms with van der Waals surface area (Å²) in [6.07, 6.45) is -0.0199. The Labute approximate surface area is 121 Å². The van der Waals surface area contributed by atoms with Gasteiger partial charge in [0.15, 0.2) is 0 Å². The predicted octanol–water partition coefficient (Wildman–Crippen LogP) is 1.96. The largest absolute Gasteiger partial charge is 0.388 e. The fraction of sp³-hybridized carbons (Fsp3) is 0.562. The second-order valence-corrected chi connectivity index (χ2v) is 5.09. The van der Waals surface area contributed by atoms with Gasteiger partial charge in [0.05, 0.1) is 12.6 Å². The summed E-state index contributed by atoms with van der Waals surface area (Å²) in [5, 5.41) is 13.1. The molecular formula is C16H26N2O2. The van der Waals surface area contributed by atoms with Crippen molar-refractivity contribution in [1.82, 2.24) is 10.2 Å². The van der Waals surface area contributed by atoms with E-state index in [1.54, 1.807) is 0 Å². The fourth-order valence-corrected chi connectivity index (χ4v) is 2.18. The van der Waals surface area contributed by atoms with Crippen LogP contribution in [0.3, 0.4) is 0 Å². The van der Waals surface area contributed by atoms with Gasteiger partial charge >= 0.3 is 0 Å². The number of carbonyl (C=O) groups is 1. The van der Waals surface area contributed by atoms with Gasteiger partial charge in [0.25, 0.3) is 0 Å². The van der Waals surface area contributed by atoms with Crippen molar-refractivity contribution in [1.29, 1.82) is 0 Å². The Balaban J connectivity index is 2.39. The van der Waals surface area contributed by atoms with E-state index in [4.69, 9.17) is 0 Å². The predicted molar refractivity (Wildman–Crippen MR) is 81.4 cm³/mol. The van der Waals surface area contributed by atoms with Gasteiger partial charge in [0.2, 0.25) is 5.91 Å². The zero-order valence-electron chi connectivity index (χ0n) is 12.7. The van der Waals surface area contributed by atoms with Crippen molar-refractivity contribution < 1.29 is 9.90 Å². The van der Waals surface area contributed by atoms with E-state index in [0.717, 1.165) is 18.7 Å². The lowest BCUT2D eigenvalue weighted by Crippen LogP contribution is -2.41. The van der Waals surface area contributed by atoms with E-state index < -0.39 is 6.10 Å². The molecule has 0 fully saturated rings. The maximum atomic E-state index is 11.9. The van der Waals surface area contributed by atoms with Crippen LogP contribution in [0.5, 0.6) is 0 Å². The maximum absolute atomic E-state index is 11.9. The highest BCUT2D eigenvalue weighted by Crippen LogP contribution is 2.17. The zero-order valence-corrected chi connectivity index (χ0v) is 12.7.